The topological polar surface area (TPSA) is 32.7 Å². The van der Waals surface area contributed by atoms with Gasteiger partial charge in [0.05, 0.1) is 0 Å². The van der Waals surface area contributed by atoms with E-state index in [0.29, 0.717) is 13.1 Å². The second kappa shape index (κ2) is 8.81. The number of benzene rings is 2. The molecule has 0 saturated carbocycles. The van der Waals surface area contributed by atoms with Gasteiger partial charge in [-0.1, -0.05) is 30.3 Å². The Balaban J connectivity index is 1.89. The fourth-order valence-corrected chi connectivity index (χ4v) is 2.51. The Labute approximate surface area is 143 Å². The second-order valence-corrected chi connectivity index (χ2v) is 6.38. The molecule has 24 heavy (non-hydrogen) atoms. The summed E-state index contributed by atoms with van der Waals surface area (Å²) < 4.78 is 18.7. The number of ether oxygens (including phenoxy) is 1. The van der Waals surface area contributed by atoms with Crippen LogP contribution in [-0.2, 0) is 6.54 Å². The highest BCUT2D eigenvalue weighted by Crippen LogP contribution is 2.17. The average Bonchev–Trinajstić information content (AvgIpc) is 2.55. The lowest BCUT2D eigenvalue weighted by Gasteiger charge is -2.29. The van der Waals surface area contributed by atoms with E-state index >= 15 is 0 Å². The van der Waals surface area contributed by atoms with E-state index in [4.69, 9.17) is 4.74 Å². The lowest BCUT2D eigenvalue weighted by atomic mass is 10.1. The highest BCUT2D eigenvalue weighted by molar-refractivity contribution is 5.31. The monoisotopic (exact) mass is 331 g/mol. The lowest BCUT2D eigenvalue weighted by molar-refractivity contribution is 0.0541. The largest absolute Gasteiger partial charge is 0.491 e. The second-order valence-electron chi connectivity index (χ2n) is 6.38. The molecule has 0 aromatic heterocycles. The van der Waals surface area contributed by atoms with Crippen LogP contribution in [0.2, 0.25) is 0 Å². The lowest BCUT2D eigenvalue weighted by Crippen LogP contribution is -2.39. The molecule has 0 aliphatic carbocycles. The summed E-state index contributed by atoms with van der Waals surface area (Å²) in [5.41, 5.74) is 2.08. The smallest absolute Gasteiger partial charge is 0.123 e. The average molecular weight is 331 g/mol. The van der Waals surface area contributed by atoms with Crippen molar-refractivity contribution >= 4 is 0 Å². The van der Waals surface area contributed by atoms with Crippen molar-refractivity contribution in [2.75, 3.05) is 13.2 Å². The Hall–Kier alpha value is -1.91. The molecule has 3 nitrogen and oxygen atoms in total. The molecule has 0 radical (unpaired) electrons. The van der Waals surface area contributed by atoms with Gasteiger partial charge in [0.15, 0.2) is 0 Å². The van der Waals surface area contributed by atoms with Gasteiger partial charge in [0.2, 0.25) is 0 Å². The van der Waals surface area contributed by atoms with Crippen LogP contribution in [0.25, 0.3) is 0 Å². The molecule has 2 rings (SSSR count). The minimum absolute atomic E-state index is 0.235. The number of nitrogens with zero attached hydrogens (tertiary/aromatic N) is 1. The molecule has 0 unspecified atom stereocenters. The number of halogens is 1. The van der Waals surface area contributed by atoms with Crippen LogP contribution >= 0.6 is 0 Å². The van der Waals surface area contributed by atoms with Crippen LogP contribution in [0.1, 0.15) is 25.0 Å². The molecule has 1 N–H and O–H groups in total. The summed E-state index contributed by atoms with van der Waals surface area (Å²) in [4.78, 5) is 2.15. The first kappa shape index (κ1) is 18.4. The molecule has 0 aliphatic heterocycles. The number of rotatable bonds is 8. The van der Waals surface area contributed by atoms with Crippen molar-refractivity contribution in [2.24, 2.45) is 0 Å². The van der Waals surface area contributed by atoms with E-state index in [1.807, 2.05) is 31.2 Å². The summed E-state index contributed by atoms with van der Waals surface area (Å²) in [5, 5.41) is 10.3. The normalized spacial score (nSPS) is 12.6. The van der Waals surface area contributed by atoms with Crippen molar-refractivity contribution in [1.82, 2.24) is 4.90 Å². The predicted molar refractivity (Wildman–Crippen MR) is 94.6 cm³/mol. The summed E-state index contributed by atoms with van der Waals surface area (Å²) in [6.07, 6.45) is -0.590. The number of aliphatic hydroxyl groups is 1. The van der Waals surface area contributed by atoms with Gasteiger partial charge in [-0.2, -0.15) is 0 Å². The highest BCUT2D eigenvalue weighted by atomic mass is 19.1. The van der Waals surface area contributed by atoms with Crippen molar-refractivity contribution in [3.05, 3.63) is 65.5 Å². The molecule has 0 saturated heterocycles. The fraction of sp³-hybridized carbons (Fsp3) is 0.400. The van der Waals surface area contributed by atoms with E-state index in [9.17, 15) is 9.50 Å². The summed E-state index contributed by atoms with van der Waals surface area (Å²) in [5.74, 6) is 0.563. The zero-order valence-electron chi connectivity index (χ0n) is 14.6. The van der Waals surface area contributed by atoms with Gasteiger partial charge < -0.3 is 9.84 Å². The molecule has 0 fully saturated rings. The summed E-state index contributed by atoms with van der Waals surface area (Å²) in [6.45, 7) is 7.56. The molecule has 1 atom stereocenters. The number of aryl methyl sites for hydroxylation is 1. The van der Waals surface area contributed by atoms with Gasteiger partial charge in [-0.15, -0.1) is 0 Å². The molecule has 0 spiro atoms. The quantitative estimate of drug-likeness (QED) is 0.799. The van der Waals surface area contributed by atoms with Crippen LogP contribution in [-0.4, -0.2) is 35.3 Å². The SMILES string of the molecule is Cc1ccccc1OC[C@@H](O)CN(Cc1ccc(F)cc1)C(C)C. The number of hydrogen-bond acceptors (Lipinski definition) is 3. The van der Waals surface area contributed by atoms with Gasteiger partial charge in [-0.3, -0.25) is 4.90 Å². The maximum atomic E-state index is 13.0. The van der Waals surface area contributed by atoms with Crippen LogP contribution in [0.3, 0.4) is 0 Å². The van der Waals surface area contributed by atoms with Gasteiger partial charge in [-0.25, -0.2) is 4.39 Å². The molecule has 0 heterocycles. The minimum Gasteiger partial charge on any atom is -0.491 e. The van der Waals surface area contributed by atoms with E-state index in [1.165, 1.54) is 12.1 Å². The van der Waals surface area contributed by atoms with E-state index in [0.717, 1.165) is 16.9 Å². The molecule has 0 aliphatic rings. The van der Waals surface area contributed by atoms with Gasteiger partial charge in [0, 0.05) is 19.1 Å². The van der Waals surface area contributed by atoms with Gasteiger partial charge in [0.1, 0.15) is 24.3 Å². The number of aliphatic hydroxyl groups excluding tert-OH is 1. The Kier molecular flexibility index (Phi) is 6.76. The van der Waals surface area contributed by atoms with Crippen molar-refractivity contribution < 1.29 is 14.2 Å². The number of hydrogen-bond donors (Lipinski definition) is 1. The van der Waals surface area contributed by atoms with Crippen LogP contribution in [0, 0.1) is 12.7 Å². The van der Waals surface area contributed by atoms with E-state index < -0.39 is 6.10 Å². The maximum Gasteiger partial charge on any atom is 0.123 e. The van der Waals surface area contributed by atoms with Gasteiger partial charge >= 0.3 is 0 Å². The minimum atomic E-state index is -0.590. The van der Waals surface area contributed by atoms with E-state index in [2.05, 4.69) is 18.7 Å². The molecule has 0 bridgehead atoms. The third kappa shape index (κ3) is 5.62. The summed E-state index contributed by atoms with van der Waals surface area (Å²) in [7, 11) is 0. The maximum absolute atomic E-state index is 13.0. The van der Waals surface area contributed by atoms with Crippen molar-refractivity contribution in [2.45, 2.75) is 39.5 Å². The molecule has 4 heteroatoms. The summed E-state index contributed by atoms with van der Waals surface area (Å²) in [6, 6.07) is 14.5. The van der Waals surface area contributed by atoms with Crippen LogP contribution < -0.4 is 4.74 Å². The molecule has 130 valence electrons. The first-order chi connectivity index (χ1) is 11.5. The first-order valence-electron chi connectivity index (χ1n) is 8.30. The van der Waals surface area contributed by atoms with E-state index in [1.54, 1.807) is 12.1 Å². The van der Waals surface area contributed by atoms with Gasteiger partial charge in [0.25, 0.3) is 0 Å². The highest BCUT2D eigenvalue weighted by Gasteiger charge is 2.16. The van der Waals surface area contributed by atoms with Gasteiger partial charge in [-0.05, 0) is 50.1 Å². The first-order valence-corrected chi connectivity index (χ1v) is 8.30. The zero-order valence-corrected chi connectivity index (χ0v) is 14.6. The Morgan fingerprint density at radius 1 is 1.08 bits per heavy atom. The van der Waals surface area contributed by atoms with Crippen LogP contribution in [0.4, 0.5) is 4.39 Å². The third-order valence-electron chi connectivity index (χ3n) is 4.00. The Morgan fingerprint density at radius 3 is 2.38 bits per heavy atom. The van der Waals surface area contributed by atoms with Crippen molar-refractivity contribution in [1.29, 1.82) is 0 Å². The molecular weight excluding hydrogens is 305 g/mol. The fourth-order valence-electron chi connectivity index (χ4n) is 2.51. The van der Waals surface area contributed by atoms with Crippen LogP contribution in [0.5, 0.6) is 5.75 Å². The standard InChI is InChI=1S/C20H26FNO2/c1-15(2)22(12-17-8-10-18(21)11-9-17)13-19(23)14-24-20-7-5-4-6-16(20)3/h4-11,15,19,23H,12-14H2,1-3H3/t19-/m0/s1. The Bertz CT molecular complexity index is 628. The zero-order chi connectivity index (χ0) is 17.5. The van der Waals surface area contributed by atoms with Crippen molar-refractivity contribution in [3.8, 4) is 5.75 Å². The molecule has 2 aromatic carbocycles. The predicted octanol–water partition coefficient (Wildman–Crippen LogP) is 3.78. The van der Waals surface area contributed by atoms with Crippen molar-refractivity contribution in [3.63, 3.8) is 0 Å². The Morgan fingerprint density at radius 2 is 1.75 bits per heavy atom. The molecule has 0 amide bonds. The van der Waals surface area contributed by atoms with Crippen LogP contribution in [0.15, 0.2) is 48.5 Å². The molecule has 2 aromatic rings. The van der Waals surface area contributed by atoms with E-state index in [-0.39, 0.29) is 18.5 Å². The molecular formula is C20H26FNO2. The third-order valence-corrected chi connectivity index (χ3v) is 4.00. The summed E-state index contributed by atoms with van der Waals surface area (Å²) >= 11 is 0. The number of para-hydroxylation sites is 1.